The molecule has 2 aliphatic rings. The van der Waals surface area contributed by atoms with Gasteiger partial charge in [0.15, 0.2) is 0 Å². The number of benzene rings is 3. The first-order valence-corrected chi connectivity index (χ1v) is 13.4. The highest BCUT2D eigenvalue weighted by Gasteiger charge is 2.25. The molecule has 0 radical (unpaired) electrons. The van der Waals surface area contributed by atoms with E-state index in [0.29, 0.717) is 24.0 Å². The van der Waals surface area contributed by atoms with Crippen LogP contribution in [0.15, 0.2) is 60.7 Å². The van der Waals surface area contributed by atoms with Gasteiger partial charge in [0.1, 0.15) is 17.7 Å². The van der Waals surface area contributed by atoms with E-state index in [1.807, 2.05) is 55.5 Å². The molecular weight excluding hydrogens is 482 g/mol. The van der Waals surface area contributed by atoms with Crippen molar-refractivity contribution < 1.29 is 18.3 Å². The highest BCUT2D eigenvalue weighted by Crippen LogP contribution is 2.41. The van der Waals surface area contributed by atoms with Crippen LogP contribution in [0.25, 0.3) is 11.1 Å². The zero-order valence-electron chi connectivity index (χ0n) is 21.8. The van der Waals surface area contributed by atoms with Crippen molar-refractivity contribution in [3.05, 3.63) is 99.9 Å². The third-order valence-electron chi connectivity index (χ3n) is 7.57. The Balaban J connectivity index is 1.51. The lowest BCUT2D eigenvalue weighted by atomic mass is 9.87. The van der Waals surface area contributed by atoms with Crippen LogP contribution in [0.3, 0.4) is 0 Å². The summed E-state index contributed by atoms with van der Waals surface area (Å²) in [6.07, 6.45) is 3.89. The van der Waals surface area contributed by atoms with Crippen molar-refractivity contribution in [2.24, 2.45) is 5.73 Å². The number of nitrogens with zero attached hydrogens (tertiary/aromatic N) is 1. The van der Waals surface area contributed by atoms with Crippen molar-refractivity contribution in [2.75, 3.05) is 26.3 Å². The van der Waals surface area contributed by atoms with Gasteiger partial charge in [0.05, 0.1) is 6.67 Å². The lowest BCUT2D eigenvalue weighted by molar-refractivity contribution is 0.1000. The fourth-order valence-corrected chi connectivity index (χ4v) is 5.68. The molecule has 5 rings (SSSR count). The predicted octanol–water partition coefficient (Wildman–Crippen LogP) is 6.34. The zero-order chi connectivity index (χ0) is 26.6. The number of allylic oxidation sites excluding steroid dienone is 1. The van der Waals surface area contributed by atoms with Gasteiger partial charge < -0.3 is 10.5 Å². The molecule has 1 atom stereocenters. The normalized spacial score (nSPS) is 17.8. The summed E-state index contributed by atoms with van der Waals surface area (Å²) < 4.78 is 34.0. The topological polar surface area (TPSA) is 55.6 Å². The van der Waals surface area contributed by atoms with Crippen LogP contribution in [0.4, 0.5) is 8.78 Å². The molecule has 3 aromatic carbocycles. The van der Waals surface area contributed by atoms with E-state index in [0.717, 1.165) is 78.0 Å². The van der Waals surface area contributed by atoms with Crippen molar-refractivity contribution >= 4 is 17.1 Å². The highest BCUT2D eigenvalue weighted by molar-refractivity contribution is 6.01. The summed E-state index contributed by atoms with van der Waals surface area (Å²) in [5.41, 5.74) is 12.5. The molecule has 1 heterocycles. The minimum absolute atomic E-state index is 0.0859. The van der Waals surface area contributed by atoms with Gasteiger partial charge in [-0.3, -0.25) is 14.1 Å². The van der Waals surface area contributed by atoms with Crippen molar-refractivity contribution in [3.63, 3.8) is 0 Å². The molecule has 2 N–H and O–H groups in total. The number of hydrogen-bond acceptors (Lipinski definition) is 3. The molecule has 4 nitrogen and oxygen atoms in total. The monoisotopic (exact) mass is 516 g/mol. The average molecular weight is 517 g/mol. The van der Waals surface area contributed by atoms with E-state index in [-0.39, 0.29) is 18.6 Å². The number of ether oxygens (including phenoxy) is 1. The van der Waals surface area contributed by atoms with E-state index < -0.39 is 5.91 Å². The Kier molecular flexibility index (Phi) is 7.89. The number of primary amides is 1. The Bertz CT molecular complexity index is 1350. The minimum atomic E-state index is -0.455. The molecule has 1 aliphatic carbocycles. The van der Waals surface area contributed by atoms with Crippen LogP contribution in [-0.4, -0.2) is 43.2 Å². The number of likely N-dealkylation sites (tertiary alicyclic amines) is 1. The van der Waals surface area contributed by atoms with Crippen LogP contribution >= 0.6 is 0 Å². The van der Waals surface area contributed by atoms with Crippen molar-refractivity contribution in [1.29, 1.82) is 0 Å². The van der Waals surface area contributed by atoms with Crippen LogP contribution in [-0.2, 0) is 6.42 Å². The number of amides is 1. The maximum atomic E-state index is 15.3. The van der Waals surface area contributed by atoms with Gasteiger partial charge in [-0.25, -0.2) is 4.39 Å². The van der Waals surface area contributed by atoms with E-state index in [1.54, 1.807) is 12.1 Å². The maximum absolute atomic E-state index is 15.3. The Labute approximate surface area is 223 Å². The molecule has 1 fully saturated rings. The summed E-state index contributed by atoms with van der Waals surface area (Å²) in [5, 5.41) is 0. The predicted molar refractivity (Wildman–Crippen MR) is 147 cm³/mol. The summed E-state index contributed by atoms with van der Waals surface area (Å²) in [4.78, 5) is 14.1. The second-order valence-corrected chi connectivity index (χ2v) is 10.3. The van der Waals surface area contributed by atoms with Gasteiger partial charge >= 0.3 is 0 Å². The Hall–Kier alpha value is -3.51. The summed E-state index contributed by atoms with van der Waals surface area (Å²) >= 11 is 0. The molecule has 38 heavy (non-hydrogen) atoms. The highest BCUT2D eigenvalue weighted by atomic mass is 19.1. The van der Waals surface area contributed by atoms with Gasteiger partial charge in [-0.2, -0.15) is 0 Å². The number of aryl methyl sites for hydroxylation is 2. The minimum Gasteiger partial charge on any atom is -0.489 e. The van der Waals surface area contributed by atoms with E-state index in [4.69, 9.17) is 10.5 Å². The molecule has 6 heteroatoms. The van der Waals surface area contributed by atoms with Gasteiger partial charge in [-0.1, -0.05) is 30.3 Å². The third kappa shape index (κ3) is 5.65. The number of fused-ring (bicyclic) bond motifs is 1. The lowest BCUT2D eigenvalue weighted by Crippen LogP contribution is -2.26. The Morgan fingerprint density at radius 2 is 1.84 bits per heavy atom. The van der Waals surface area contributed by atoms with Crippen molar-refractivity contribution in [1.82, 2.24) is 4.90 Å². The number of alkyl halides is 1. The van der Waals surface area contributed by atoms with Crippen LogP contribution in [0.1, 0.15) is 63.9 Å². The largest absolute Gasteiger partial charge is 0.489 e. The average Bonchev–Trinajstić information content (AvgIpc) is 3.26. The molecular formula is C32H34F2N2O2. The first-order chi connectivity index (χ1) is 18.4. The molecule has 0 saturated carbocycles. The Morgan fingerprint density at radius 3 is 2.58 bits per heavy atom. The summed E-state index contributed by atoms with van der Waals surface area (Å²) in [6.45, 7) is 4.09. The second-order valence-electron chi connectivity index (χ2n) is 10.3. The molecule has 0 spiro atoms. The third-order valence-corrected chi connectivity index (χ3v) is 7.57. The fraction of sp³-hybridized carbons (Fsp3) is 0.344. The van der Waals surface area contributed by atoms with E-state index in [1.165, 1.54) is 0 Å². The lowest BCUT2D eigenvalue weighted by Gasteiger charge is -2.19. The fourth-order valence-electron chi connectivity index (χ4n) is 5.68. The summed E-state index contributed by atoms with van der Waals surface area (Å²) in [7, 11) is 0. The van der Waals surface area contributed by atoms with Crippen LogP contribution in [0, 0.1) is 12.7 Å². The van der Waals surface area contributed by atoms with E-state index >= 15 is 4.39 Å². The van der Waals surface area contributed by atoms with Gasteiger partial charge in [0.2, 0.25) is 5.91 Å². The van der Waals surface area contributed by atoms with E-state index in [2.05, 4.69) is 4.90 Å². The van der Waals surface area contributed by atoms with Gasteiger partial charge in [0.25, 0.3) is 0 Å². The molecule has 1 aliphatic heterocycles. The maximum Gasteiger partial charge on any atom is 0.248 e. The quantitative estimate of drug-likeness (QED) is 0.380. The first-order valence-electron chi connectivity index (χ1n) is 13.4. The number of hydrogen-bond donors (Lipinski definition) is 1. The first kappa shape index (κ1) is 26.1. The van der Waals surface area contributed by atoms with Crippen molar-refractivity contribution in [2.45, 2.75) is 45.1 Å². The molecule has 0 bridgehead atoms. The molecule has 3 aromatic rings. The zero-order valence-corrected chi connectivity index (χ0v) is 21.8. The Morgan fingerprint density at radius 1 is 1.05 bits per heavy atom. The number of rotatable bonds is 8. The van der Waals surface area contributed by atoms with Crippen LogP contribution in [0.5, 0.6) is 5.75 Å². The molecule has 1 saturated heterocycles. The molecule has 198 valence electrons. The van der Waals surface area contributed by atoms with Crippen LogP contribution < -0.4 is 10.5 Å². The SMILES string of the molecule is Cc1ccc(C2=C(c3ccc(OC4CCN(CCCF)C4)cc3)c3ccc(C(N)=O)cc3CCC2)c(F)c1. The molecule has 0 aromatic heterocycles. The van der Waals surface area contributed by atoms with Gasteiger partial charge in [0, 0.05) is 30.8 Å². The second kappa shape index (κ2) is 11.5. The smallest absolute Gasteiger partial charge is 0.248 e. The molecule has 1 unspecified atom stereocenters. The van der Waals surface area contributed by atoms with Crippen molar-refractivity contribution in [3.8, 4) is 5.75 Å². The van der Waals surface area contributed by atoms with Gasteiger partial charge in [-0.05, 0) is 103 Å². The summed E-state index contributed by atoms with van der Waals surface area (Å²) in [5.74, 6) is 0.102. The summed E-state index contributed by atoms with van der Waals surface area (Å²) in [6, 6.07) is 19.0. The number of carbonyl (C=O) groups excluding carboxylic acids is 1. The number of nitrogens with two attached hydrogens (primary N) is 1. The van der Waals surface area contributed by atoms with Crippen LogP contribution in [0.2, 0.25) is 0 Å². The number of halogens is 2. The van der Waals surface area contributed by atoms with E-state index in [9.17, 15) is 9.18 Å². The standard InChI is InChI=1S/C32H34F2N2O2/c1-21-6-12-28(30(34)18-21)29-5-2-4-23-19-24(32(35)37)9-13-27(23)31(29)22-7-10-25(11-8-22)38-26-14-17-36(20-26)16-3-15-33/h6-13,18-19,26H,2-5,14-17,20H2,1H3,(H2,35,37). The van der Waals surface area contributed by atoms with Gasteiger partial charge in [-0.15, -0.1) is 0 Å². The molecule has 1 amide bonds. The number of carbonyl (C=O) groups is 1.